The first kappa shape index (κ1) is 13.3. The third kappa shape index (κ3) is 3.35. The van der Waals surface area contributed by atoms with E-state index >= 15 is 0 Å². The smallest absolute Gasteiger partial charge is 0.410 e. The number of rotatable bonds is 2. The van der Waals surface area contributed by atoms with Gasteiger partial charge in [-0.15, -0.1) is 0 Å². The first-order valence-electron chi connectivity index (χ1n) is 5.58. The van der Waals surface area contributed by atoms with Crippen LogP contribution in [0.5, 0.6) is 0 Å². The summed E-state index contributed by atoms with van der Waals surface area (Å²) in [4.78, 5) is 13.3. The van der Waals surface area contributed by atoms with Gasteiger partial charge in [0.15, 0.2) is 0 Å². The number of likely N-dealkylation sites (tertiary alicyclic amines) is 1. The second kappa shape index (κ2) is 5.01. The van der Waals surface area contributed by atoms with Gasteiger partial charge in [-0.3, -0.25) is 0 Å². The van der Waals surface area contributed by atoms with E-state index in [-0.39, 0.29) is 25.2 Å². The molecule has 1 amide bonds. The molecule has 0 bridgehead atoms. The Balaban J connectivity index is 2.61. The number of aliphatic hydroxyl groups excluding tert-OH is 2. The highest BCUT2D eigenvalue weighted by atomic mass is 16.6. The Morgan fingerprint density at radius 1 is 1.38 bits per heavy atom. The van der Waals surface area contributed by atoms with E-state index in [0.717, 1.165) is 0 Å². The second-order valence-corrected chi connectivity index (χ2v) is 5.25. The average molecular weight is 231 g/mol. The van der Waals surface area contributed by atoms with Crippen molar-refractivity contribution in [2.75, 3.05) is 19.8 Å². The summed E-state index contributed by atoms with van der Waals surface area (Å²) in [5, 5.41) is 18.2. The lowest BCUT2D eigenvalue weighted by atomic mass is 10.1. The molecule has 2 N–H and O–H groups in total. The van der Waals surface area contributed by atoms with Crippen molar-refractivity contribution in [2.24, 2.45) is 5.92 Å². The van der Waals surface area contributed by atoms with Crippen molar-refractivity contribution in [3.63, 3.8) is 0 Å². The van der Waals surface area contributed by atoms with Gasteiger partial charge >= 0.3 is 6.09 Å². The molecule has 0 aliphatic carbocycles. The van der Waals surface area contributed by atoms with Crippen molar-refractivity contribution >= 4 is 6.09 Å². The van der Waals surface area contributed by atoms with Crippen molar-refractivity contribution < 1.29 is 19.7 Å². The third-order valence-corrected chi connectivity index (χ3v) is 2.60. The molecule has 0 saturated carbocycles. The standard InChI is InChI=1S/C11H21NO4/c1-11(2,3)16-10(15)12-5-8(6-13)4-9(12)7-14/h8-9,13-14H,4-7H2,1-3H3/t8-,9+/m0/s1. The minimum absolute atomic E-state index is 0.0375. The summed E-state index contributed by atoms with van der Waals surface area (Å²) in [6.07, 6.45) is 0.217. The van der Waals surface area contributed by atoms with E-state index in [9.17, 15) is 4.79 Å². The average Bonchev–Trinajstić information content (AvgIpc) is 2.58. The summed E-state index contributed by atoms with van der Waals surface area (Å²) >= 11 is 0. The fraction of sp³-hybridized carbons (Fsp3) is 0.909. The van der Waals surface area contributed by atoms with Gasteiger partial charge in [-0.05, 0) is 27.2 Å². The molecule has 1 fully saturated rings. The minimum atomic E-state index is -0.533. The van der Waals surface area contributed by atoms with E-state index in [1.54, 1.807) is 20.8 Å². The van der Waals surface area contributed by atoms with Crippen LogP contribution in [-0.2, 0) is 4.74 Å². The molecular weight excluding hydrogens is 210 g/mol. The van der Waals surface area contributed by atoms with Crippen LogP contribution >= 0.6 is 0 Å². The van der Waals surface area contributed by atoms with Gasteiger partial charge in [0.25, 0.3) is 0 Å². The number of hydrogen-bond acceptors (Lipinski definition) is 4. The van der Waals surface area contributed by atoms with Crippen LogP contribution in [0, 0.1) is 5.92 Å². The quantitative estimate of drug-likeness (QED) is 0.730. The lowest BCUT2D eigenvalue weighted by Gasteiger charge is -2.27. The van der Waals surface area contributed by atoms with Gasteiger partial charge in [-0.2, -0.15) is 0 Å². The molecule has 5 heteroatoms. The van der Waals surface area contributed by atoms with Crippen LogP contribution in [0.4, 0.5) is 4.79 Å². The van der Waals surface area contributed by atoms with E-state index < -0.39 is 11.7 Å². The predicted octanol–water partition coefficient (Wildman–Crippen LogP) is 0.597. The van der Waals surface area contributed by atoms with E-state index in [0.29, 0.717) is 13.0 Å². The summed E-state index contributed by atoms with van der Waals surface area (Å²) < 4.78 is 5.24. The molecule has 0 radical (unpaired) electrons. The van der Waals surface area contributed by atoms with Crippen LogP contribution in [0.15, 0.2) is 0 Å². The number of hydrogen-bond donors (Lipinski definition) is 2. The van der Waals surface area contributed by atoms with Crippen LogP contribution in [0.25, 0.3) is 0 Å². The molecule has 94 valence electrons. The van der Waals surface area contributed by atoms with E-state index in [2.05, 4.69) is 0 Å². The Morgan fingerprint density at radius 3 is 2.44 bits per heavy atom. The Hall–Kier alpha value is -0.810. The van der Waals surface area contributed by atoms with Crippen LogP contribution in [0.3, 0.4) is 0 Å². The highest BCUT2D eigenvalue weighted by Crippen LogP contribution is 2.24. The van der Waals surface area contributed by atoms with Crippen LogP contribution in [0.1, 0.15) is 27.2 Å². The van der Waals surface area contributed by atoms with Crippen molar-refractivity contribution in [1.82, 2.24) is 4.90 Å². The highest BCUT2D eigenvalue weighted by molar-refractivity contribution is 5.69. The summed E-state index contributed by atoms with van der Waals surface area (Å²) in [7, 11) is 0. The van der Waals surface area contributed by atoms with Gasteiger partial charge in [0.1, 0.15) is 5.60 Å². The lowest BCUT2D eigenvalue weighted by Crippen LogP contribution is -2.41. The molecule has 0 unspecified atom stereocenters. The molecule has 1 saturated heterocycles. The molecule has 1 rings (SSSR count). The topological polar surface area (TPSA) is 70.0 Å². The fourth-order valence-corrected chi connectivity index (χ4v) is 1.86. The van der Waals surface area contributed by atoms with Gasteiger partial charge in [0.2, 0.25) is 0 Å². The fourth-order valence-electron chi connectivity index (χ4n) is 1.86. The van der Waals surface area contributed by atoms with Gasteiger partial charge in [-0.25, -0.2) is 4.79 Å². The zero-order chi connectivity index (χ0) is 12.3. The number of amides is 1. The number of nitrogens with zero attached hydrogens (tertiary/aromatic N) is 1. The summed E-state index contributed by atoms with van der Waals surface area (Å²) in [5.41, 5.74) is -0.533. The van der Waals surface area contributed by atoms with E-state index in [4.69, 9.17) is 14.9 Å². The number of carbonyl (C=O) groups is 1. The minimum Gasteiger partial charge on any atom is -0.444 e. The normalized spacial score (nSPS) is 25.9. The second-order valence-electron chi connectivity index (χ2n) is 5.25. The molecule has 2 atom stereocenters. The van der Waals surface area contributed by atoms with Gasteiger partial charge in [-0.1, -0.05) is 0 Å². The monoisotopic (exact) mass is 231 g/mol. The number of ether oxygens (including phenoxy) is 1. The third-order valence-electron chi connectivity index (χ3n) is 2.60. The Bertz CT molecular complexity index is 249. The Morgan fingerprint density at radius 2 is 2.00 bits per heavy atom. The molecule has 1 aliphatic rings. The number of aliphatic hydroxyl groups is 2. The maximum atomic E-state index is 11.8. The molecule has 1 heterocycles. The number of carbonyl (C=O) groups excluding carboxylic acids is 1. The first-order chi connectivity index (χ1) is 7.37. The van der Waals surface area contributed by atoms with Crippen molar-refractivity contribution in [3.8, 4) is 0 Å². The van der Waals surface area contributed by atoms with Crippen LogP contribution < -0.4 is 0 Å². The van der Waals surface area contributed by atoms with Gasteiger partial charge < -0.3 is 19.8 Å². The molecule has 0 aromatic carbocycles. The summed E-state index contributed by atoms with van der Waals surface area (Å²) in [6, 6.07) is -0.230. The maximum absolute atomic E-state index is 11.8. The largest absolute Gasteiger partial charge is 0.444 e. The zero-order valence-corrected chi connectivity index (χ0v) is 10.1. The van der Waals surface area contributed by atoms with Crippen molar-refractivity contribution in [3.05, 3.63) is 0 Å². The maximum Gasteiger partial charge on any atom is 0.410 e. The first-order valence-corrected chi connectivity index (χ1v) is 5.58. The van der Waals surface area contributed by atoms with Crippen molar-refractivity contribution in [2.45, 2.75) is 38.8 Å². The van der Waals surface area contributed by atoms with Gasteiger partial charge in [0, 0.05) is 19.1 Å². The van der Waals surface area contributed by atoms with E-state index in [1.807, 2.05) is 0 Å². The van der Waals surface area contributed by atoms with Crippen molar-refractivity contribution in [1.29, 1.82) is 0 Å². The van der Waals surface area contributed by atoms with Crippen LogP contribution in [-0.4, -0.2) is 52.6 Å². The zero-order valence-electron chi connectivity index (χ0n) is 10.1. The Kier molecular flexibility index (Phi) is 4.15. The molecule has 0 spiro atoms. The molecule has 0 aromatic rings. The molecule has 5 nitrogen and oxygen atoms in total. The SMILES string of the molecule is CC(C)(C)OC(=O)N1C[C@@H](CO)C[C@@H]1CO. The highest BCUT2D eigenvalue weighted by Gasteiger charge is 2.36. The molecule has 0 aromatic heterocycles. The Labute approximate surface area is 96.0 Å². The lowest BCUT2D eigenvalue weighted by molar-refractivity contribution is 0.0170. The van der Waals surface area contributed by atoms with Crippen LogP contribution in [0.2, 0.25) is 0 Å². The summed E-state index contributed by atoms with van der Waals surface area (Å²) in [6.45, 7) is 5.82. The predicted molar refractivity (Wildman–Crippen MR) is 59.0 cm³/mol. The van der Waals surface area contributed by atoms with Gasteiger partial charge in [0.05, 0.1) is 12.6 Å². The molecule has 16 heavy (non-hydrogen) atoms. The molecular formula is C11H21NO4. The summed E-state index contributed by atoms with van der Waals surface area (Å²) in [5.74, 6) is 0.0460. The molecule has 1 aliphatic heterocycles. The van der Waals surface area contributed by atoms with E-state index in [1.165, 1.54) is 4.90 Å².